The van der Waals surface area contributed by atoms with Crippen molar-refractivity contribution in [1.82, 2.24) is 5.32 Å². The van der Waals surface area contributed by atoms with Gasteiger partial charge in [0.2, 0.25) is 5.91 Å². The fraction of sp³-hybridized carbons (Fsp3) is 0.971. The summed E-state index contributed by atoms with van der Waals surface area (Å²) in [6, 6.07) is -2.84. The van der Waals surface area contributed by atoms with Gasteiger partial charge in [0.05, 0.1) is 18.2 Å². The molecule has 0 aromatic rings. The number of amides is 1. The Kier molecular flexibility index (Phi) is 19.3. The number of unbranched alkanes of at least 4 members (excludes halogenated alkanes) is 12. The fourth-order valence-corrected chi connectivity index (χ4v) is 7.17. The Morgan fingerprint density at radius 1 is 0.620 bits per heavy atom. The van der Waals surface area contributed by atoms with Gasteiger partial charge in [0.1, 0.15) is 48.8 Å². The molecular weight excluding hydrogens is 652 g/mol. The van der Waals surface area contributed by atoms with E-state index in [1.807, 2.05) is 0 Å². The van der Waals surface area contributed by atoms with Crippen LogP contribution in [-0.2, 0) is 23.7 Å². The Labute approximate surface area is 297 Å². The molecule has 15 atom stereocenters. The average molecular weight is 721 g/mol. The van der Waals surface area contributed by atoms with Crippen molar-refractivity contribution in [1.29, 1.82) is 0 Å². The lowest BCUT2D eigenvalue weighted by Crippen LogP contribution is -2.68. The van der Waals surface area contributed by atoms with E-state index in [0.29, 0.717) is 12.8 Å². The predicted molar refractivity (Wildman–Crippen MR) is 185 cm³/mol. The maximum atomic E-state index is 12.6. The van der Waals surface area contributed by atoms with E-state index >= 15 is 0 Å². The van der Waals surface area contributed by atoms with Gasteiger partial charge in [-0.25, -0.2) is 0 Å². The zero-order valence-electron chi connectivity index (χ0n) is 30.1. The van der Waals surface area contributed by atoms with Crippen LogP contribution in [0.25, 0.3) is 0 Å². The number of hydrogen-bond donors (Lipinski definition) is 10. The second-order valence-corrected chi connectivity index (χ2v) is 14.6. The van der Waals surface area contributed by atoms with Gasteiger partial charge in [-0.1, -0.05) is 90.9 Å². The van der Waals surface area contributed by atoms with Crippen LogP contribution in [0.2, 0.25) is 0 Å². The third-order valence-corrected chi connectivity index (χ3v) is 10.5. The minimum absolute atomic E-state index is 0.0711. The van der Waals surface area contributed by atoms with E-state index in [4.69, 9.17) is 36.1 Å². The van der Waals surface area contributed by atoms with Gasteiger partial charge in [0, 0.05) is 25.0 Å². The summed E-state index contributed by atoms with van der Waals surface area (Å²) in [7, 11) is 0. The molecule has 2 heterocycles. The standard InChI is InChI=1S/C35H68N4O11/c1-3-5-6-7-8-9-10-11-12-13-14-15-16-17-24(40)39-19-23-26(41)25(38)28(43)34(48-23)49-32-20(36)18-21(37)33(31(32)46)50-35-30(45)29(44)27(42)22(4-2)47-35/h20-23,25-35,41-46H,3-19,36-38H2,1-2H3,(H,39,40)/t20-,21+,22?,23?,25+,26+,27+,28?,29?,30?,31?,32-,33?,34+,35+/m1/s1. The third-order valence-electron chi connectivity index (χ3n) is 10.5. The zero-order chi connectivity index (χ0) is 36.8. The van der Waals surface area contributed by atoms with Crippen molar-refractivity contribution < 1.29 is 54.4 Å². The molecule has 1 saturated carbocycles. The second-order valence-electron chi connectivity index (χ2n) is 14.6. The van der Waals surface area contributed by atoms with Crippen molar-refractivity contribution in [2.24, 2.45) is 17.2 Å². The first-order valence-corrected chi connectivity index (χ1v) is 19.1. The molecule has 294 valence electrons. The molecule has 3 aliphatic rings. The van der Waals surface area contributed by atoms with Crippen molar-refractivity contribution >= 4 is 5.91 Å². The Morgan fingerprint density at radius 3 is 1.62 bits per heavy atom. The SMILES string of the molecule is CCCCCCCCCCCCCCCC(=O)NCC1O[C@@H](O[C@H]2C(O)C(O[C@@H]3OC(CC)[C@H](O)C(O)C3O)[C@@H](N)C[C@H]2N)C(O)[C@@H](N)[C@H]1O. The van der Waals surface area contributed by atoms with Gasteiger partial charge < -0.3 is 72.1 Å². The van der Waals surface area contributed by atoms with Gasteiger partial charge in [-0.2, -0.15) is 0 Å². The van der Waals surface area contributed by atoms with E-state index in [9.17, 15) is 35.4 Å². The summed E-state index contributed by atoms with van der Waals surface area (Å²) in [4.78, 5) is 12.6. The zero-order valence-corrected chi connectivity index (χ0v) is 30.1. The highest BCUT2D eigenvalue weighted by Crippen LogP contribution is 2.32. The molecule has 7 unspecified atom stereocenters. The van der Waals surface area contributed by atoms with Crippen LogP contribution in [0.4, 0.5) is 0 Å². The Hall–Kier alpha value is -1.05. The minimum atomic E-state index is -1.62. The van der Waals surface area contributed by atoms with Gasteiger partial charge in [-0.15, -0.1) is 0 Å². The Morgan fingerprint density at radius 2 is 1.10 bits per heavy atom. The molecule has 0 spiro atoms. The highest BCUT2D eigenvalue weighted by Gasteiger charge is 2.51. The molecule has 1 amide bonds. The van der Waals surface area contributed by atoms with E-state index in [0.717, 1.165) is 19.3 Å². The van der Waals surface area contributed by atoms with Crippen molar-refractivity contribution in [3.05, 3.63) is 0 Å². The van der Waals surface area contributed by atoms with E-state index < -0.39 is 91.7 Å². The van der Waals surface area contributed by atoms with Crippen LogP contribution in [0.5, 0.6) is 0 Å². The molecule has 3 rings (SSSR count). The maximum Gasteiger partial charge on any atom is 0.220 e. The van der Waals surface area contributed by atoms with Crippen LogP contribution < -0.4 is 22.5 Å². The predicted octanol–water partition coefficient (Wildman–Crippen LogP) is -0.235. The van der Waals surface area contributed by atoms with Gasteiger partial charge in [-0.3, -0.25) is 4.79 Å². The average Bonchev–Trinajstić information content (AvgIpc) is 3.09. The molecule has 3 fully saturated rings. The van der Waals surface area contributed by atoms with Crippen molar-refractivity contribution in [3.8, 4) is 0 Å². The highest BCUT2D eigenvalue weighted by atomic mass is 16.7. The lowest BCUT2D eigenvalue weighted by molar-refractivity contribution is -0.332. The molecule has 1 aliphatic carbocycles. The molecule has 2 saturated heterocycles. The third kappa shape index (κ3) is 12.5. The Balaban J connectivity index is 1.43. The number of nitrogens with one attached hydrogen (secondary N) is 1. The number of aliphatic hydroxyl groups excluding tert-OH is 6. The van der Waals surface area contributed by atoms with Gasteiger partial charge in [-0.05, 0) is 19.3 Å². The summed E-state index contributed by atoms with van der Waals surface area (Å²) in [5, 5.41) is 66.5. The molecular formula is C35H68N4O11. The lowest BCUT2D eigenvalue weighted by Gasteiger charge is -2.48. The smallest absolute Gasteiger partial charge is 0.220 e. The molecule has 0 aromatic carbocycles. The summed E-state index contributed by atoms with van der Waals surface area (Å²) in [5.74, 6) is -0.185. The summed E-state index contributed by atoms with van der Waals surface area (Å²) >= 11 is 0. The first-order chi connectivity index (χ1) is 23.9. The molecule has 15 heteroatoms. The molecule has 13 N–H and O–H groups in total. The number of ether oxygens (including phenoxy) is 4. The van der Waals surface area contributed by atoms with Gasteiger partial charge in [0.15, 0.2) is 12.6 Å². The van der Waals surface area contributed by atoms with Gasteiger partial charge in [0.25, 0.3) is 0 Å². The van der Waals surface area contributed by atoms with Gasteiger partial charge >= 0.3 is 0 Å². The number of carbonyl (C=O) groups is 1. The topological polar surface area (TPSA) is 265 Å². The first kappa shape index (κ1) is 43.4. The number of hydrogen-bond acceptors (Lipinski definition) is 14. The van der Waals surface area contributed by atoms with E-state index in [2.05, 4.69) is 12.2 Å². The molecule has 15 nitrogen and oxygen atoms in total. The number of carbonyl (C=O) groups excluding carboxylic acids is 1. The molecule has 0 aromatic heterocycles. The summed E-state index contributed by atoms with van der Waals surface area (Å²) < 4.78 is 23.3. The van der Waals surface area contributed by atoms with Crippen LogP contribution in [0, 0.1) is 0 Å². The monoisotopic (exact) mass is 720 g/mol. The summed E-state index contributed by atoms with van der Waals surface area (Å²) in [6.07, 6.45) is 0.680. The number of rotatable bonds is 21. The number of nitrogens with two attached hydrogens (primary N) is 3. The van der Waals surface area contributed by atoms with Crippen LogP contribution in [0.15, 0.2) is 0 Å². The van der Waals surface area contributed by atoms with Crippen LogP contribution in [-0.4, -0.2) is 135 Å². The molecule has 2 aliphatic heterocycles. The fourth-order valence-electron chi connectivity index (χ4n) is 7.17. The normalized spacial score (nSPS) is 39.4. The largest absolute Gasteiger partial charge is 0.389 e. The van der Waals surface area contributed by atoms with E-state index in [1.54, 1.807) is 6.92 Å². The summed E-state index contributed by atoms with van der Waals surface area (Å²) in [6.45, 7) is 3.90. The van der Waals surface area contributed by atoms with Crippen molar-refractivity contribution in [2.45, 2.75) is 208 Å². The summed E-state index contributed by atoms with van der Waals surface area (Å²) in [5.41, 5.74) is 18.7. The van der Waals surface area contributed by atoms with Crippen molar-refractivity contribution in [3.63, 3.8) is 0 Å². The van der Waals surface area contributed by atoms with Crippen LogP contribution >= 0.6 is 0 Å². The first-order valence-electron chi connectivity index (χ1n) is 19.1. The van der Waals surface area contributed by atoms with E-state index in [-0.39, 0.29) is 18.9 Å². The quantitative estimate of drug-likeness (QED) is 0.0687. The van der Waals surface area contributed by atoms with Crippen LogP contribution in [0.1, 0.15) is 117 Å². The second kappa shape index (κ2) is 22.2. The highest BCUT2D eigenvalue weighted by molar-refractivity contribution is 5.75. The number of aliphatic hydroxyl groups is 6. The molecule has 0 radical (unpaired) electrons. The molecule has 50 heavy (non-hydrogen) atoms. The lowest BCUT2D eigenvalue weighted by atomic mass is 9.84. The maximum absolute atomic E-state index is 12.6. The minimum Gasteiger partial charge on any atom is -0.389 e. The van der Waals surface area contributed by atoms with Crippen molar-refractivity contribution in [2.75, 3.05) is 6.54 Å². The van der Waals surface area contributed by atoms with Crippen LogP contribution in [0.3, 0.4) is 0 Å². The Bertz CT molecular complexity index is 954. The van der Waals surface area contributed by atoms with E-state index in [1.165, 1.54) is 64.2 Å². The molecule has 0 bridgehead atoms.